The van der Waals surface area contributed by atoms with Crippen molar-refractivity contribution in [1.82, 2.24) is 15.3 Å². The summed E-state index contributed by atoms with van der Waals surface area (Å²) in [5, 5.41) is 23.2. The Labute approximate surface area is 154 Å². The van der Waals surface area contributed by atoms with Gasteiger partial charge in [0.1, 0.15) is 10.7 Å². The molecule has 0 fully saturated rings. The molecule has 1 aromatic carbocycles. The number of aliphatic hydroxyl groups excluding tert-OH is 1. The van der Waals surface area contributed by atoms with E-state index in [1.54, 1.807) is 29.6 Å². The number of carbonyl (C=O) groups is 1. The smallest absolute Gasteiger partial charge is 0.268 e. The summed E-state index contributed by atoms with van der Waals surface area (Å²) in [5.41, 5.74) is 8.96. The first-order valence-electron chi connectivity index (χ1n) is 7.90. The normalized spacial score (nSPS) is 11.7. The van der Waals surface area contributed by atoms with Crippen molar-refractivity contribution < 1.29 is 9.90 Å². The number of aliphatic hydroxyl groups is 1. The van der Waals surface area contributed by atoms with E-state index in [0.29, 0.717) is 22.0 Å². The summed E-state index contributed by atoms with van der Waals surface area (Å²) in [6.07, 6.45) is 0. The molecule has 5 N–H and O–H groups in total. The van der Waals surface area contributed by atoms with Gasteiger partial charge < -0.3 is 21.1 Å². The summed E-state index contributed by atoms with van der Waals surface area (Å²) < 4.78 is 0. The molecular formula is C18H17N5O2S. The maximum atomic E-state index is 12.5. The molecule has 2 aromatic heterocycles. The fourth-order valence-electron chi connectivity index (χ4n) is 2.43. The summed E-state index contributed by atoms with van der Waals surface area (Å²) in [7, 11) is 0. The van der Waals surface area contributed by atoms with Gasteiger partial charge in [-0.3, -0.25) is 4.79 Å². The molecule has 3 aromatic rings. The van der Waals surface area contributed by atoms with Gasteiger partial charge in [-0.25, -0.2) is 4.98 Å². The van der Waals surface area contributed by atoms with E-state index >= 15 is 0 Å². The Morgan fingerprint density at radius 1 is 1.35 bits per heavy atom. The number of thiazole rings is 1. The van der Waals surface area contributed by atoms with E-state index in [2.05, 4.69) is 21.4 Å². The van der Waals surface area contributed by atoms with Gasteiger partial charge in [-0.1, -0.05) is 12.1 Å². The number of benzene rings is 1. The van der Waals surface area contributed by atoms with Crippen molar-refractivity contribution >= 4 is 17.2 Å². The molecule has 0 radical (unpaired) electrons. The molecule has 0 spiro atoms. The van der Waals surface area contributed by atoms with Crippen LogP contribution in [0.3, 0.4) is 0 Å². The predicted octanol–water partition coefficient (Wildman–Crippen LogP) is 1.93. The van der Waals surface area contributed by atoms with Gasteiger partial charge in [0, 0.05) is 17.6 Å². The van der Waals surface area contributed by atoms with E-state index in [1.165, 1.54) is 11.3 Å². The third kappa shape index (κ3) is 3.81. The highest BCUT2D eigenvalue weighted by molar-refractivity contribution is 7.09. The lowest BCUT2D eigenvalue weighted by Crippen LogP contribution is -2.33. The Bertz CT molecular complexity index is 939. The molecule has 3 rings (SSSR count). The van der Waals surface area contributed by atoms with Gasteiger partial charge in [-0.15, -0.1) is 11.3 Å². The van der Waals surface area contributed by atoms with Crippen molar-refractivity contribution in [3.05, 3.63) is 63.7 Å². The number of H-pyrrole nitrogens is 1. The highest BCUT2D eigenvalue weighted by atomic mass is 32.1. The number of nitrogens with two attached hydrogens (primary N) is 1. The average molecular weight is 367 g/mol. The molecule has 1 amide bonds. The number of hydrogen-bond donors (Lipinski definition) is 4. The molecule has 7 nitrogen and oxygen atoms in total. The molecule has 2 heterocycles. The maximum absolute atomic E-state index is 12.5. The SMILES string of the molecule is N#Cc1ccc(-c2ccc(C(=O)N[C@@H](CN)c3nc(CO)cs3)[nH]2)cc1. The number of amides is 1. The van der Waals surface area contributed by atoms with Crippen molar-refractivity contribution in [1.29, 1.82) is 5.26 Å². The predicted molar refractivity (Wildman–Crippen MR) is 98.2 cm³/mol. The number of hydrogen-bond acceptors (Lipinski definition) is 6. The Morgan fingerprint density at radius 2 is 2.12 bits per heavy atom. The second-order valence-corrected chi connectivity index (χ2v) is 6.46. The van der Waals surface area contributed by atoms with E-state index in [4.69, 9.17) is 16.1 Å². The quantitative estimate of drug-likeness (QED) is 0.529. The average Bonchev–Trinajstić information content (AvgIpc) is 3.35. The molecule has 0 unspecified atom stereocenters. The van der Waals surface area contributed by atoms with Crippen LogP contribution in [0.5, 0.6) is 0 Å². The van der Waals surface area contributed by atoms with Crippen LogP contribution in [0.15, 0.2) is 41.8 Å². The summed E-state index contributed by atoms with van der Waals surface area (Å²) in [4.78, 5) is 19.8. The number of carbonyl (C=O) groups excluding carboxylic acids is 1. The lowest BCUT2D eigenvalue weighted by atomic mass is 10.1. The lowest BCUT2D eigenvalue weighted by molar-refractivity contribution is 0.0933. The van der Waals surface area contributed by atoms with Gasteiger partial charge in [-0.2, -0.15) is 5.26 Å². The van der Waals surface area contributed by atoms with Crippen LogP contribution in [-0.2, 0) is 6.61 Å². The van der Waals surface area contributed by atoms with Crippen LogP contribution in [0, 0.1) is 11.3 Å². The molecule has 0 bridgehead atoms. The number of nitriles is 1. The molecule has 132 valence electrons. The molecule has 26 heavy (non-hydrogen) atoms. The lowest BCUT2D eigenvalue weighted by Gasteiger charge is -2.13. The van der Waals surface area contributed by atoms with Crippen LogP contribution in [0.25, 0.3) is 11.3 Å². The summed E-state index contributed by atoms with van der Waals surface area (Å²) in [6, 6.07) is 12.2. The summed E-state index contributed by atoms with van der Waals surface area (Å²) >= 11 is 1.35. The van der Waals surface area contributed by atoms with Gasteiger partial charge in [0.2, 0.25) is 0 Å². The van der Waals surface area contributed by atoms with E-state index < -0.39 is 6.04 Å². The minimum Gasteiger partial charge on any atom is -0.390 e. The maximum Gasteiger partial charge on any atom is 0.268 e. The Hall–Kier alpha value is -2.99. The Balaban J connectivity index is 1.73. The molecule has 8 heteroatoms. The second kappa shape index (κ2) is 7.93. The molecule has 0 saturated heterocycles. The summed E-state index contributed by atoms with van der Waals surface area (Å²) in [5.74, 6) is -0.291. The molecule has 1 atom stereocenters. The first-order valence-corrected chi connectivity index (χ1v) is 8.78. The van der Waals surface area contributed by atoms with Crippen molar-refractivity contribution in [2.75, 3.05) is 6.54 Å². The zero-order chi connectivity index (χ0) is 18.5. The number of nitrogens with zero attached hydrogens (tertiary/aromatic N) is 2. The molecule has 0 aliphatic heterocycles. The van der Waals surface area contributed by atoms with Gasteiger partial charge in [0.15, 0.2) is 0 Å². The summed E-state index contributed by atoms with van der Waals surface area (Å²) in [6.45, 7) is 0.0552. The van der Waals surface area contributed by atoms with Gasteiger partial charge in [-0.05, 0) is 29.8 Å². The molecule has 0 aliphatic rings. The van der Waals surface area contributed by atoms with Crippen LogP contribution < -0.4 is 11.1 Å². The van der Waals surface area contributed by atoms with Crippen molar-refractivity contribution in [2.24, 2.45) is 5.73 Å². The Morgan fingerprint density at radius 3 is 2.73 bits per heavy atom. The molecule has 0 saturated carbocycles. The monoisotopic (exact) mass is 367 g/mol. The first-order chi connectivity index (χ1) is 12.6. The minimum atomic E-state index is -0.422. The largest absolute Gasteiger partial charge is 0.390 e. The standard InChI is InChI=1S/C18H17N5O2S/c19-7-11-1-3-12(4-2-11)14-5-6-15(22-14)17(25)23-16(8-20)18-21-13(9-24)10-26-18/h1-6,10,16,22,24H,8-9,20H2,(H,23,25)/t16-/m0/s1. The highest BCUT2D eigenvalue weighted by Crippen LogP contribution is 2.21. The van der Waals surface area contributed by atoms with Gasteiger partial charge in [0.25, 0.3) is 5.91 Å². The fraction of sp³-hybridized carbons (Fsp3) is 0.167. The van der Waals surface area contributed by atoms with Gasteiger partial charge >= 0.3 is 0 Å². The third-order valence-electron chi connectivity index (χ3n) is 3.83. The van der Waals surface area contributed by atoms with Crippen LogP contribution in [0.2, 0.25) is 0 Å². The number of aromatic nitrogens is 2. The van der Waals surface area contributed by atoms with Crippen molar-refractivity contribution in [3.63, 3.8) is 0 Å². The van der Waals surface area contributed by atoms with Crippen LogP contribution in [0.4, 0.5) is 0 Å². The van der Waals surface area contributed by atoms with E-state index in [9.17, 15) is 4.79 Å². The van der Waals surface area contributed by atoms with Gasteiger partial charge in [0.05, 0.1) is 30.0 Å². The van der Waals surface area contributed by atoms with E-state index in [-0.39, 0.29) is 19.1 Å². The van der Waals surface area contributed by atoms with Crippen molar-refractivity contribution in [2.45, 2.75) is 12.6 Å². The van der Waals surface area contributed by atoms with Crippen LogP contribution in [-0.4, -0.2) is 27.5 Å². The van der Waals surface area contributed by atoms with Crippen LogP contribution >= 0.6 is 11.3 Å². The fourth-order valence-corrected chi connectivity index (χ4v) is 3.31. The third-order valence-corrected chi connectivity index (χ3v) is 4.83. The number of aromatic amines is 1. The second-order valence-electron chi connectivity index (χ2n) is 5.57. The Kier molecular flexibility index (Phi) is 5.43. The number of nitrogens with one attached hydrogen (secondary N) is 2. The first kappa shape index (κ1) is 17.8. The topological polar surface area (TPSA) is 128 Å². The number of rotatable bonds is 6. The highest BCUT2D eigenvalue weighted by Gasteiger charge is 2.18. The molecular weight excluding hydrogens is 350 g/mol. The zero-order valence-corrected chi connectivity index (χ0v) is 14.6. The van der Waals surface area contributed by atoms with E-state index in [0.717, 1.165) is 11.3 Å². The van der Waals surface area contributed by atoms with Crippen molar-refractivity contribution in [3.8, 4) is 17.3 Å². The minimum absolute atomic E-state index is 0.147. The van der Waals surface area contributed by atoms with Crippen LogP contribution in [0.1, 0.15) is 32.8 Å². The molecule has 0 aliphatic carbocycles. The zero-order valence-electron chi connectivity index (χ0n) is 13.8. The van der Waals surface area contributed by atoms with E-state index in [1.807, 2.05) is 12.1 Å².